The van der Waals surface area contributed by atoms with Gasteiger partial charge in [-0.3, -0.25) is 19.4 Å². The minimum Gasteiger partial charge on any atom is -0.426 e. The predicted molar refractivity (Wildman–Crippen MR) is 130 cm³/mol. The summed E-state index contributed by atoms with van der Waals surface area (Å²) in [4.78, 5) is 46.6. The smallest absolute Gasteiger partial charge is 0.426 e. The van der Waals surface area contributed by atoms with Crippen molar-refractivity contribution in [2.45, 2.75) is 103 Å². The summed E-state index contributed by atoms with van der Waals surface area (Å²) < 4.78 is 0. The number of amides is 2. The fraction of sp³-hybridized carbons (Fsp3) is 0.708. The van der Waals surface area contributed by atoms with Crippen molar-refractivity contribution in [3.8, 4) is 0 Å². The average Bonchev–Trinajstić information content (AvgIpc) is 2.80. The second-order valence-electron chi connectivity index (χ2n) is 9.62. The molecule has 1 aliphatic rings. The maximum absolute atomic E-state index is 13.0. The van der Waals surface area contributed by atoms with Crippen LogP contribution >= 0.6 is 0 Å². The van der Waals surface area contributed by atoms with E-state index in [2.05, 4.69) is 20.6 Å². The van der Waals surface area contributed by atoms with Crippen LogP contribution in [0, 0.1) is 5.92 Å². The molecule has 2 amide bonds. The standard InChI is InChI=1S/C24H39BN4O5/c1-17(2)14-22(25(33)34)29-23(31)18-12-10-8-6-4-3-5-7-9-11-13-21(30)19-15-26-16-20(27-19)24(32)28-18/h15-18,22,33-34H,3-14H2,1-2H3,(H,28,32)(H,29,31)/t18-,22-/m0/s1. The molecule has 0 radical (unpaired) electrons. The Bertz CT molecular complexity index is 805. The topological polar surface area (TPSA) is 142 Å². The molecule has 0 aliphatic carbocycles. The van der Waals surface area contributed by atoms with Gasteiger partial charge in [0, 0.05) is 6.42 Å². The van der Waals surface area contributed by atoms with Gasteiger partial charge >= 0.3 is 7.12 Å². The van der Waals surface area contributed by atoms with Gasteiger partial charge in [0.2, 0.25) is 5.91 Å². The Labute approximate surface area is 202 Å². The van der Waals surface area contributed by atoms with Crippen molar-refractivity contribution in [1.82, 2.24) is 20.6 Å². The fourth-order valence-corrected chi connectivity index (χ4v) is 4.16. The van der Waals surface area contributed by atoms with Crippen LogP contribution in [0.5, 0.6) is 0 Å². The molecule has 10 heteroatoms. The number of fused-ring (bicyclic) bond motifs is 2. The van der Waals surface area contributed by atoms with Crippen LogP contribution in [-0.4, -0.2) is 56.7 Å². The van der Waals surface area contributed by atoms with Crippen LogP contribution in [0.25, 0.3) is 0 Å². The van der Waals surface area contributed by atoms with E-state index in [1.54, 1.807) is 0 Å². The number of nitrogens with zero attached hydrogens (tertiary/aromatic N) is 2. The first-order chi connectivity index (χ1) is 16.3. The summed E-state index contributed by atoms with van der Waals surface area (Å²) >= 11 is 0. The number of hydrogen-bond acceptors (Lipinski definition) is 7. The van der Waals surface area contributed by atoms with Gasteiger partial charge in [0.05, 0.1) is 18.3 Å². The Morgan fingerprint density at radius 3 is 2.24 bits per heavy atom. The highest BCUT2D eigenvalue weighted by molar-refractivity contribution is 6.43. The highest BCUT2D eigenvalue weighted by atomic mass is 16.4. The lowest BCUT2D eigenvalue weighted by Crippen LogP contribution is -2.54. The predicted octanol–water partition coefficient (Wildman–Crippen LogP) is 2.61. The van der Waals surface area contributed by atoms with E-state index in [1.165, 1.54) is 12.4 Å². The SMILES string of the molecule is CC(C)C[C@H](NC(=O)[C@@H]1CCCCCCCCCCCC(=O)c2cncc(n2)C(=O)N1)B(O)O. The highest BCUT2D eigenvalue weighted by Crippen LogP contribution is 2.15. The zero-order chi connectivity index (χ0) is 24.9. The number of rotatable bonds is 5. The minimum absolute atomic E-state index is 0.0225. The van der Waals surface area contributed by atoms with Gasteiger partial charge in [-0.25, -0.2) is 4.98 Å². The molecule has 2 heterocycles. The minimum atomic E-state index is -1.70. The van der Waals surface area contributed by atoms with Crippen molar-refractivity contribution in [1.29, 1.82) is 0 Å². The number of Topliss-reactive ketones (excluding diaryl/α,β-unsaturated/α-hetero) is 1. The van der Waals surface area contributed by atoms with Crippen LogP contribution in [-0.2, 0) is 4.79 Å². The number of carbonyl (C=O) groups excluding carboxylic acids is 3. The molecule has 2 rings (SSSR count). The number of hydrogen-bond donors (Lipinski definition) is 4. The van der Waals surface area contributed by atoms with Gasteiger partial charge in [-0.05, 0) is 25.2 Å². The molecule has 0 unspecified atom stereocenters. The third-order valence-electron chi connectivity index (χ3n) is 6.08. The molecule has 9 nitrogen and oxygen atoms in total. The van der Waals surface area contributed by atoms with Crippen LogP contribution in [0.4, 0.5) is 0 Å². The van der Waals surface area contributed by atoms with E-state index in [1.807, 2.05) is 13.8 Å². The number of ketones is 1. The molecule has 1 aromatic rings. The molecule has 34 heavy (non-hydrogen) atoms. The summed E-state index contributed by atoms with van der Waals surface area (Å²) in [6, 6.07) is -0.860. The normalized spacial score (nSPS) is 20.1. The molecule has 0 spiro atoms. The lowest BCUT2D eigenvalue weighted by atomic mass is 9.75. The Morgan fingerprint density at radius 1 is 1.03 bits per heavy atom. The molecule has 4 N–H and O–H groups in total. The Kier molecular flexibility index (Phi) is 12.2. The van der Waals surface area contributed by atoms with E-state index >= 15 is 0 Å². The second-order valence-corrected chi connectivity index (χ2v) is 9.62. The van der Waals surface area contributed by atoms with Gasteiger partial charge < -0.3 is 20.7 Å². The Balaban J connectivity index is 2.17. The molecular formula is C24H39BN4O5. The van der Waals surface area contributed by atoms with E-state index < -0.39 is 30.9 Å². The number of nitrogens with one attached hydrogen (secondary N) is 2. The molecule has 2 atom stereocenters. The van der Waals surface area contributed by atoms with Crippen molar-refractivity contribution < 1.29 is 24.4 Å². The summed E-state index contributed by atoms with van der Waals surface area (Å²) in [6.07, 6.45) is 12.8. The van der Waals surface area contributed by atoms with Crippen molar-refractivity contribution in [3.05, 3.63) is 23.8 Å². The average molecular weight is 474 g/mol. The molecule has 188 valence electrons. The van der Waals surface area contributed by atoms with Crippen molar-refractivity contribution >= 4 is 24.7 Å². The largest absolute Gasteiger partial charge is 0.475 e. The quantitative estimate of drug-likeness (QED) is 0.481. The third-order valence-corrected chi connectivity index (χ3v) is 6.08. The van der Waals surface area contributed by atoms with Gasteiger partial charge in [0.1, 0.15) is 17.4 Å². The number of aromatic nitrogens is 2. The molecule has 0 saturated heterocycles. The summed E-state index contributed by atoms with van der Waals surface area (Å²) in [5, 5.41) is 24.8. The van der Waals surface area contributed by atoms with Gasteiger partial charge in [0.25, 0.3) is 5.91 Å². The van der Waals surface area contributed by atoms with Gasteiger partial charge in [0.15, 0.2) is 5.78 Å². The fourth-order valence-electron chi connectivity index (χ4n) is 4.16. The lowest BCUT2D eigenvalue weighted by molar-refractivity contribution is -0.123. The van der Waals surface area contributed by atoms with Crippen molar-refractivity contribution in [3.63, 3.8) is 0 Å². The van der Waals surface area contributed by atoms with Crippen molar-refractivity contribution in [2.75, 3.05) is 0 Å². The molecular weight excluding hydrogens is 435 g/mol. The maximum Gasteiger partial charge on any atom is 0.475 e. The second kappa shape index (κ2) is 14.8. The Morgan fingerprint density at radius 2 is 1.62 bits per heavy atom. The van der Waals surface area contributed by atoms with Gasteiger partial charge in [-0.2, -0.15) is 0 Å². The monoisotopic (exact) mass is 474 g/mol. The van der Waals surface area contributed by atoms with Crippen molar-refractivity contribution in [2.24, 2.45) is 5.92 Å². The Hall–Kier alpha value is -2.33. The number of carbonyl (C=O) groups is 3. The zero-order valence-corrected chi connectivity index (χ0v) is 20.5. The van der Waals surface area contributed by atoms with E-state index in [0.717, 1.165) is 57.8 Å². The summed E-state index contributed by atoms with van der Waals surface area (Å²) in [5.74, 6) is -1.90. The first-order valence-electron chi connectivity index (χ1n) is 12.6. The first kappa shape index (κ1) is 27.9. The molecule has 0 aromatic carbocycles. The zero-order valence-electron chi connectivity index (χ0n) is 20.5. The summed E-state index contributed by atoms with van der Waals surface area (Å²) in [5.41, 5.74) is 0.126. The van der Waals surface area contributed by atoms with E-state index in [-0.39, 0.29) is 23.1 Å². The van der Waals surface area contributed by atoms with Gasteiger partial charge in [-0.15, -0.1) is 0 Å². The highest BCUT2D eigenvalue weighted by Gasteiger charge is 2.30. The van der Waals surface area contributed by atoms with E-state index in [0.29, 0.717) is 19.3 Å². The van der Waals surface area contributed by atoms with Crippen LogP contribution < -0.4 is 10.6 Å². The molecule has 0 fully saturated rings. The van der Waals surface area contributed by atoms with Crippen LogP contribution in [0.1, 0.15) is 112 Å². The molecule has 1 aliphatic heterocycles. The third kappa shape index (κ3) is 9.89. The van der Waals surface area contributed by atoms with Crippen LogP contribution in [0.3, 0.4) is 0 Å². The molecule has 1 aromatic heterocycles. The summed E-state index contributed by atoms with van der Waals surface area (Å²) in [6.45, 7) is 3.85. The summed E-state index contributed by atoms with van der Waals surface area (Å²) in [7, 11) is -1.70. The van der Waals surface area contributed by atoms with Crippen LogP contribution in [0.2, 0.25) is 0 Å². The van der Waals surface area contributed by atoms with Gasteiger partial charge in [-0.1, -0.05) is 65.2 Å². The van der Waals surface area contributed by atoms with Crippen LogP contribution in [0.15, 0.2) is 12.4 Å². The van der Waals surface area contributed by atoms with E-state index in [9.17, 15) is 24.4 Å². The molecule has 0 saturated carbocycles. The molecule has 2 bridgehead atoms. The first-order valence-corrected chi connectivity index (χ1v) is 12.6. The lowest BCUT2D eigenvalue weighted by Gasteiger charge is -2.24. The van der Waals surface area contributed by atoms with E-state index in [4.69, 9.17) is 0 Å². The maximum atomic E-state index is 13.0.